The number of carboxylic acids is 1. The Labute approximate surface area is 197 Å². The number of carboxylic acid groups (broad SMARTS) is 1. The molecule has 0 saturated carbocycles. The van der Waals surface area contributed by atoms with Gasteiger partial charge in [0.15, 0.2) is 0 Å². The number of amides is 1. The Morgan fingerprint density at radius 3 is 2.42 bits per heavy atom. The van der Waals surface area contributed by atoms with Crippen molar-refractivity contribution >= 4 is 49.7 Å². The van der Waals surface area contributed by atoms with Crippen LogP contribution in [0.2, 0.25) is 0 Å². The van der Waals surface area contributed by atoms with Gasteiger partial charge in [-0.25, -0.2) is 9.59 Å². The minimum absolute atomic E-state index is 0.195. The Hall–Kier alpha value is -3.39. The van der Waals surface area contributed by atoms with E-state index in [-0.39, 0.29) is 17.9 Å². The van der Waals surface area contributed by atoms with Crippen LogP contribution in [0.4, 0.5) is 0 Å². The zero-order valence-corrected chi connectivity index (χ0v) is 19.9. The van der Waals surface area contributed by atoms with Crippen molar-refractivity contribution in [2.45, 2.75) is 33.2 Å². The largest absolute Gasteiger partial charge is 0.480 e. The number of nitrogens with one attached hydrogen (secondary N) is 1. The summed E-state index contributed by atoms with van der Waals surface area (Å²) in [4.78, 5) is 36.6. The second kappa shape index (κ2) is 8.86. The molecule has 170 valence electrons. The maximum Gasteiger partial charge on any atom is 0.340 e. The van der Waals surface area contributed by atoms with Crippen LogP contribution in [0.25, 0.3) is 33.1 Å². The standard InChI is InChI=1S/C25H22BrNO6/c1-12(2)23(24(29)30)27-22(28)9-17-13(3)16-8-18-19(14-4-6-15(26)7-5-14)11-32-20(18)10-21(16)33-25(17)31/h4-8,10-12,23H,9H2,1-3H3,(H,27,28)(H,29,30)/t23-/m0/s1. The van der Waals surface area contributed by atoms with E-state index in [0.29, 0.717) is 22.1 Å². The molecule has 4 aromatic rings. The molecule has 0 unspecified atom stereocenters. The number of carbonyl (C=O) groups excluding carboxylic acids is 1. The van der Waals surface area contributed by atoms with Crippen LogP contribution in [0.15, 0.2) is 60.8 Å². The van der Waals surface area contributed by atoms with Crippen LogP contribution in [-0.4, -0.2) is 23.0 Å². The second-order valence-electron chi connectivity index (χ2n) is 8.30. The molecule has 8 heteroatoms. The van der Waals surface area contributed by atoms with Gasteiger partial charge in [-0.1, -0.05) is 41.9 Å². The van der Waals surface area contributed by atoms with Gasteiger partial charge in [0.25, 0.3) is 0 Å². The predicted molar refractivity (Wildman–Crippen MR) is 128 cm³/mol. The van der Waals surface area contributed by atoms with Crippen molar-refractivity contribution in [1.82, 2.24) is 5.32 Å². The summed E-state index contributed by atoms with van der Waals surface area (Å²) in [7, 11) is 0. The molecule has 1 amide bonds. The molecule has 2 aromatic heterocycles. The van der Waals surface area contributed by atoms with E-state index in [1.807, 2.05) is 30.3 Å². The average molecular weight is 512 g/mol. The van der Waals surface area contributed by atoms with Gasteiger partial charge in [0, 0.05) is 26.9 Å². The van der Waals surface area contributed by atoms with Crippen molar-refractivity contribution in [3.63, 3.8) is 0 Å². The van der Waals surface area contributed by atoms with Crippen molar-refractivity contribution in [1.29, 1.82) is 0 Å². The maximum absolute atomic E-state index is 12.6. The molecule has 2 N–H and O–H groups in total. The molecule has 4 rings (SSSR count). The molecule has 1 atom stereocenters. The minimum Gasteiger partial charge on any atom is -0.480 e. The first-order chi connectivity index (χ1) is 15.7. The number of benzene rings is 2. The molecular weight excluding hydrogens is 490 g/mol. The Balaban J connectivity index is 1.76. The Kier molecular flexibility index (Phi) is 6.12. The number of aryl methyl sites for hydroxylation is 1. The number of hydrogen-bond donors (Lipinski definition) is 2. The van der Waals surface area contributed by atoms with E-state index in [1.165, 1.54) is 0 Å². The molecule has 0 aliphatic heterocycles. The van der Waals surface area contributed by atoms with Gasteiger partial charge in [-0.3, -0.25) is 4.79 Å². The summed E-state index contributed by atoms with van der Waals surface area (Å²) in [5, 5.41) is 13.3. The lowest BCUT2D eigenvalue weighted by atomic mass is 9.99. The summed E-state index contributed by atoms with van der Waals surface area (Å²) < 4.78 is 12.2. The van der Waals surface area contributed by atoms with Crippen molar-refractivity contribution in [2.75, 3.05) is 0 Å². The lowest BCUT2D eigenvalue weighted by Gasteiger charge is -2.18. The summed E-state index contributed by atoms with van der Waals surface area (Å²) >= 11 is 3.43. The van der Waals surface area contributed by atoms with E-state index in [0.717, 1.165) is 21.0 Å². The van der Waals surface area contributed by atoms with E-state index in [1.54, 1.807) is 33.1 Å². The van der Waals surface area contributed by atoms with Crippen LogP contribution < -0.4 is 10.9 Å². The van der Waals surface area contributed by atoms with Crippen LogP contribution >= 0.6 is 15.9 Å². The lowest BCUT2D eigenvalue weighted by Crippen LogP contribution is -2.45. The van der Waals surface area contributed by atoms with Crippen molar-refractivity contribution in [3.05, 3.63) is 68.7 Å². The van der Waals surface area contributed by atoms with Crippen LogP contribution in [0.1, 0.15) is 25.0 Å². The van der Waals surface area contributed by atoms with Crippen LogP contribution in [0, 0.1) is 12.8 Å². The minimum atomic E-state index is -1.12. The van der Waals surface area contributed by atoms with Crippen molar-refractivity contribution < 1.29 is 23.5 Å². The predicted octanol–water partition coefficient (Wildman–Crippen LogP) is 5.05. The van der Waals surface area contributed by atoms with Crippen LogP contribution in [-0.2, 0) is 16.0 Å². The summed E-state index contributed by atoms with van der Waals surface area (Å²) in [6.07, 6.45) is 1.39. The highest BCUT2D eigenvalue weighted by atomic mass is 79.9. The number of rotatable bonds is 6. The number of halogens is 1. The molecule has 0 aliphatic carbocycles. The van der Waals surface area contributed by atoms with Crippen LogP contribution in [0.5, 0.6) is 0 Å². The number of hydrogen-bond acceptors (Lipinski definition) is 5. The zero-order chi connectivity index (χ0) is 23.9. The summed E-state index contributed by atoms with van der Waals surface area (Å²) in [5.41, 5.74) is 2.97. The molecule has 2 heterocycles. The molecular formula is C25H22BrNO6. The van der Waals surface area contributed by atoms with E-state index in [2.05, 4.69) is 21.2 Å². The van der Waals surface area contributed by atoms with Gasteiger partial charge in [0.05, 0.1) is 18.2 Å². The third-order valence-electron chi connectivity index (χ3n) is 5.72. The lowest BCUT2D eigenvalue weighted by molar-refractivity contribution is -0.143. The van der Waals surface area contributed by atoms with E-state index < -0.39 is 23.5 Å². The fourth-order valence-corrected chi connectivity index (χ4v) is 4.13. The Bertz CT molecular complexity index is 1430. The topological polar surface area (TPSA) is 110 Å². The molecule has 0 aliphatic rings. The van der Waals surface area contributed by atoms with Gasteiger partial charge in [-0.15, -0.1) is 0 Å². The number of aliphatic carboxylic acids is 1. The first kappa shape index (κ1) is 22.8. The Morgan fingerprint density at radius 1 is 1.09 bits per heavy atom. The molecule has 0 bridgehead atoms. The highest BCUT2D eigenvalue weighted by Gasteiger charge is 2.25. The zero-order valence-electron chi connectivity index (χ0n) is 18.3. The van der Waals surface area contributed by atoms with Gasteiger partial charge in [-0.05, 0) is 42.2 Å². The third kappa shape index (κ3) is 4.43. The monoisotopic (exact) mass is 511 g/mol. The number of fused-ring (bicyclic) bond motifs is 2. The van der Waals surface area contributed by atoms with Crippen molar-refractivity contribution in [2.24, 2.45) is 5.92 Å². The molecule has 0 saturated heterocycles. The first-order valence-electron chi connectivity index (χ1n) is 10.4. The second-order valence-corrected chi connectivity index (χ2v) is 9.21. The first-order valence-corrected chi connectivity index (χ1v) is 11.2. The fraction of sp³-hybridized carbons (Fsp3) is 0.240. The fourth-order valence-electron chi connectivity index (χ4n) is 3.87. The van der Waals surface area contributed by atoms with E-state index in [4.69, 9.17) is 8.83 Å². The third-order valence-corrected chi connectivity index (χ3v) is 6.25. The number of carbonyl (C=O) groups is 2. The highest BCUT2D eigenvalue weighted by molar-refractivity contribution is 9.10. The van der Waals surface area contributed by atoms with Crippen molar-refractivity contribution in [3.8, 4) is 11.1 Å². The molecule has 0 fully saturated rings. The molecule has 2 aromatic carbocycles. The summed E-state index contributed by atoms with van der Waals surface area (Å²) in [5.74, 6) is -1.97. The maximum atomic E-state index is 12.6. The van der Waals surface area contributed by atoms with E-state index >= 15 is 0 Å². The molecule has 0 radical (unpaired) electrons. The van der Waals surface area contributed by atoms with E-state index in [9.17, 15) is 19.5 Å². The number of furan rings is 1. The molecule has 0 spiro atoms. The summed E-state index contributed by atoms with van der Waals surface area (Å²) in [6, 6.07) is 10.4. The smallest absolute Gasteiger partial charge is 0.340 e. The normalized spacial score (nSPS) is 12.4. The average Bonchev–Trinajstić information content (AvgIpc) is 3.16. The molecule has 7 nitrogen and oxygen atoms in total. The SMILES string of the molecule is Cc1c(CC(=O)N[C@H](C(=O)O)C(C)C)c(=O)oc2cc3occ(-c4ccc(Br)cc4)c3cc12. The van der Waals surface area contributed by atoms with Gasteiger partial charge in [-0.2, -0.15) is 0 Å². The van der Waals surface area contributed by atoms with Gasteiger partial charge < -0.3 is 19.3 Å². The summed E-state index contributed by atoms with van der Waals surface area (Å²) in [6.45, 7) is 5.16. The highest BCUT2D eigenvalue weighted by Crippen LogP contribution is 2.35. The van der Waals surface area contributed by atoms with Crippen LogP contribution in [0.3, 0.4) is 0 Å². The van der Waals surface area contributed by atoms with Gasteiger partial charge in [0.1, 0.15) is 17.2 Å². The Morgan fingerprint density at radius 2 is 1.79 bits per heavy atom. The quantitative estimate of drug-likeness (QED) is 0.350. The van der Waals surface area contributed by atoms with Gasteiger partial charge in [0.2, 0.25) is 5.91 Å². The molecule has 33 heavy (non-hydrogen) atoms. The van der Waals surface area contributed by atoms with Gasteiger partial charge >= 0.3 is 11.6 Å².